The number of rotatable bonds is 5. The number of aliphatic hydroxyl groups excluding tert-OH is 1. The first-order valence-electron chi connectivity index (χ1n) is 9.31. The Morgan fingerprint density at radius 1 is 1.34 bits per heavy atom. The van der Waals surface area contributed by atoms with Gasteiger partial charge in [0.15, 0.2) is 5.69 Å². The zero-order valence-electron chi connectivity index (χ0n) is 16.3. The highest BCUT2D eigenvalue weighted by Gasteiger charge is 2.47. The molecule has 3 aromatic heterocycles. The summed E-state index contributed by atoms with van der Waals surface area (Å²) in [6, 6.07) is 8.28. The number of aromatic amines is 1. The number of pyridine rings is 1. The summed E-state index contributed by atoms with van der Waals surface area (Å²) in [5.41, 5.74) is 2.19. The summed E-state index contributed by atoms with van der Waals surface area (Å²) in [6.07, 6.45) is 5.68. The Kier molecular flexibility index (Phi) is 4.97. The molecule has 1 aliphatic rings. The lowest BCUT2D eigenvalue weighted by Crippen LogP contribution is -2.60. The molecule has 0 bridgehead atoms. The van der Waals surface area contributed by atoms with Gasteiger partial charge >= 0.3 is 0 Å². The standard InChI is InChI=1S/C20H21N7OS/c1-3-29(14(2)28)26-12-20(13-26,6-7-21)27-11-17(18(10-22)25-27)15-4-8-23-19-16(15)5-9-24-19/h4-5,8-9,11,28H,3,6,12-13H2,1-2H3,(H,23,24). The minimum atomic E-state index is -0.501. The van der Waals surface area contributed by atoms with Crippen molar-refractivity contribution in [2.24, 2.45) is 0 Å². The van der Waals surface area contributed by atoms with Crippen LogP contribution in [-0.2, 0) is 5.54 Å². The predicted molar refractivity (Wildman–Crippen MR) is 113 cm³/mol. The van der Waals surface area contributed by atoms with E-state index < -0.39 is 5.54 Å². The van der Waals surface area contributed by atoms with Crippen LogP contribution >= 0.6 is 10.7 Å². The number of hydrogen-bond donors (Lipinski definition) is 2. The molecule has 1 fully saturated rings. The van der Waals surface area contributed by atoms with Crippen molar-refractivity contribution in [2.75, 3.05) is 18.8 Å². The zero-order valence-corrected chi connectivity index (χ0v) is 17.1. The molecule has 0 aromatic carbocycles. The van der Waals surface area contributed by atoms with Crippen molar-refractivity contribution in [3.05, 3.63) is 36.4 Å². The van der Waals surface area contributed by atoms with Crippen LogP contribution in [0.25, 0.3) is 22.2 Å². The van der Waals surface area contributed by atoms with Crippen LogP contribution in [0.3, 0.4) is 0 Å². The van der Waals surface area contributed by atoms with Crippen molar-refractivity contribution in [3.63, 3.8) is 0 Å². The first kappa shape index (κ1) is 19.3. The molecule has 4 heterocycles. The van der Waals surface area contributed by atoms with E-state index in [1.165, 1.54) is 0 Å². The number of aromatic nitrogens is 4. The van der Waals surface area contributed by atoms with Crippen LogP contribution in [-0.4, -0.2) is 53.1 Å². The first-order chi connectivity index (χ1) is 14.0. The largest absolute Gasteiger partial charge is 0.358 e. The minimum absolute atomic E-state index is 0.288. The molecule has 29 heavy (non-hydrogen) atoms. The van der Waals surface area contributed by atoms with E-state index in [-0.39, 0.29) is 17.1 Å². The van der Waals surface area contributed by atoms with Crippen molar-refractivity contribution >= 4 is 26.8 Å². The molecule has 148 valence electrons. The fourth-order valence-corrected chi connectivity index (χ4v) is 5.87. The molecule has 4 rings (SSSR count). The zero-order chi connectivity index (χ0) is 20.6. The highest BCUT2D eigenvalue weighted by molar-refractivity contribution is 8.13. The first-order valence-corrected chi connectivity index (χ1v) is 10.7. The monoisotopic (exact) mass is 407 g/mol. The van der Waals surface area contributed by atoms with Crippen molar-refractivity contribution in [2.45, 2.75) is 25.8 Å². The van der Waals surface area contributed by atoms with Gasteiger partial charge in [-0.3, -0.25) is 4.68 Å². The summed E-state index contributed by atoms with van der Waals surface area (Å²) in [5, 5.41) is 35.0. The van der Waals surface area contributed by atoms with Crippen molar-refractivity contribution in [3.8, 4) is 23.3 Å². The van der Waals surface area contributed by atoms with E-state index in [0.717, 1.165) is 27.9 Å². The number of nitrogens with one attached hydrogen (secondary N) is 1. The molecular weight excluding hydrogens is 386 g/mol. The number of aliphatic hydroxyl groups is 1. The predicted octanol–water partition coefficient (Wildman–Crippen LogP) is 3.13. The fourth-order valence-electron chi connectivity index (χ4n) is 3.92. The van der Waals surface area contributed by atoms with Crippen LogP contribution in [0, 0.1) is 22.7 Å². The molecule has 1 unspecified atom stereocenters. The summed E-state index contributed by atoms with van der Waals surface area (Å²) in [4.78, 5) is 7.40. The van der Waals surface area contributed by atoms with Crippen LogP contribution < -0.4 is 0 Å². The highest BCUT2D eigenvalue weighted by atomic mass is 32.2. The molecule has 8 nitrogen and oxygen atoms in total. The van der Waals surface area contributed by atoms with Crippen LogP contribution in [0.15, 0.2) is 30.7 Å². The van der Waals surface area contributed by atoms with Crippen molar-refractivity contribution < 1.29 is 5.11 Å². The average molecular weight is 408 g/mol. The number of nitriles is 2. The van der Waals surface area contributed by atoms with Crippen molar-refractivity contribution in [1.82, 2.24) is 24.1 Å². The van der Waals surface area contributed by atoms with Gasteiger partial charge in [0.25, 0.3) is 0 Å². The molecule has 1 atom stereocenters. The van der Waals surface area contributed by atoms with E-state index in [2.05, 4.69) is 31.5 Å². The molecule has 9 heteroatoms. The molecule has 0 radical (unpaired) electrons. The van der Waals surface area contributed by atoms with E-state index >= 15 is 0 Å². The van der Waals surface area contributed by atoms with Crippen LogP contribution in [0.1, 0.15) is 26.0 Å². The van der Waals surface area contributed by atoms with Crippen molar-refractivity contribution in [1.29, 1.82) is 10.5 Å². The van der Waals surface area contributed by atoms with Gasteiger partial charge in [0.1, 0.15) is 17.3 Å². The Hall–Kier alpha value is -2.98. The van der Waals surface area contributed by atoms with E-state index in [1.54, 1.807) is 17.8 Å². The maximum Gasteiger partial charge on any atom is 0.170 e. The van der Waals surface area contributed by atoms with E-state index in [0.29, 0.717) is 23.8 Å². The minimum Gasteiger partial charge on any atom is -0.358 e. The van der Waals surface area contributed by atoms with Gasteiger partial charge in [0.2, 0.25) is 0 Å². The quantitative estimate of drug-likeness (QED) is 0.628. The molecule has 0 saturated carbocycles. The molecule has 0 amide bonds. The average Bonchev–Trinajstić information content (AvgIpc) is 3.32. The van der Waals surface area contributed by atoms with E-state index in [9.17, 15) is 15.6 Å². The molecule has 0 aliphatic carbocycles. The van der Waals surface area contributed by atoms with Gasteiger partial charge in [0.05, 0.1) is 17.5 Å². The third kappa shape index (κ3) is 3.14. The smallest absolute Gasteiger partial charge is 0.170 e. The van der Waals surface area contributed by atoms with Crippen LogP contribution in [0.4, 0.5) is 0 Å². The normalized spacial score (nSPS) is 17.3. The Morgan fingerprint density at radius 2 is 2.14 bits per heavy atom. The molecule has 3 aromatic rings. The molecule has 1 aliphatic heterocycles. The number of nitrogens with zero attached hydrogens (tertiary/aromatic N) is 6. The van der Waals surface area contributed by atoms with Crippen LogP contribution in [0.2, 0.25) is 0 Å². The Balaban J connectivity index is 1.76. The molecule has 2 N–H and O–H groups in total. The van der Waals surface area contributed by atoms with Crippen LogP contribution in [0.5, 0.6) is 0 Å². The second kappa shape index (κ2) is 7.45. The summed E-state index contributed by atoms with van der Waals surface area (Å²) in [5.74, 6) is 0.821. The van der Waals surface area contributed by atoms with Gasteiger partial charge in [-0.1, -0.05) is 17.6 Å². The van der Waals surface area contributed by atoms with Gasteiger partial charge in [-0.15, -0.1) is 0 Å². The lowest BCUT2D eigenvalue weighted by molar-refractivity contribution is 0.0804. The van der Waals surface area contributed by atoms with E-state index in [4.69, 9.17) is 0 Å². The van der Waals surface area contributed by atoms with Gasteiger partial charge in [-0.2, -0.15) is 15.6 Å². The second-order valence-corrected chi connectivity index (χ2v) is 9.49. The molecule has 0 spiro atoms. The highest BCUT2D eigenvalue weighted by Crippen LogP contribution is 2.41. The summed E-state index contributed by atoms with van der Waals surface area (Å²) >= 11 is 0. The second-order valence-electron chi connectivity index (χ2n) is 7.08. The third-order valence-electron chi connectivity index (χ3n) is 5.33. The lowest BCUT2D eigenvalue weighted by Gasteiger charge is -2.50. The Labute approximate surface area is 171 Å². The summed E-state index contributed by atoms with van der Waals surface area (Å²) < 4.78 is 3.96. The van der Waals surface area contributed by atoms with Gasteiger partial charge in [0, 0.05) is 48.4 Å². The van der Waals surface area contributed by atoms with Gasteiger partial charge in [-0.05, 0) is 24.6 Å². The summed E-state index contributed by atoms with van der Waals surface area (Å²) in [6.45, 7) is 4.98. The van der Waals surface area contributed by atoms with E-state index in [1.807, 2.05) is 31.5 Å². The molecular formula is C20H21N7OS. The number of fused-ring (bicyclic) bond motifs is 1. The fraction of sp³-hybridized carbons (Fsp3) is 0.350. The maximum absolute atomic E-state index is 9.98. The summed E-state index contributed by atoms with van der Waals surface area (Å²) in [7, 11) is -0.337. The number of hydrogen-bond acceptors (Lipinski definition) is 5. The topological polar surface area (TPSA) is 118 Å². The Morgan fingerprint density at radius 3 is 2.79 bits per heavy atom. The van der Waals surface area contributed by atoms with Gasteiger partial charge in [-0.25, -0.2) is 9.29 Å². The maximum atomic E-state index is 9.98. The molecule has 1 saturated heterocycles. The SMILES string of the molecule is CCS(=C(C)O)N1CC(CC#N)(n2cc(-c3ccnc4[nH]ccc34)c(C#N)n2)C1. The van der Waals surface area contributed by atoms with Gasteiger partial charge < -0.3 is 10.1 Å². The Bertz CT molecular complexity index is 1180. The number of H-pyrrole nitrogens is 1. The third-order valence-corrected chi connectivity index (χ3v) is 7.44. The lowest BCUT2D eigenvalue weighted by atomic mass is 9.89.